The highest BCUT2D eigenvalue weighted by Gasteiger charge is 2.60. The van der Waals surface area contributed by atoms with Gasteiger partial charge in [-0.3, -0.25) is 0 Å². The molecule has 0 saturated heterocycles. The number of rotatable bonds is 2. The summed E-state index contributed by atoms with van der Waals surface area (Å²) in [4.78, 5) is 0. The van der Waals surface area contributed by atoms with Crippen LogP contribution in [0.2, 0.25) is 0 Å². The van der Waals surface area contributed by atoms with Crippen LogP contribution >= 0.6 is 15.9 Å². The highest BCUT2D eigenvalue weighted by molar-refractivity contribution is 9.10. The van der Waals surface area contributed by atoms with E-state index in [0.717, 1.165) is 0 Å². The van der Waals surface area contributed by atoms with Gasteiger partial charge in [0.25, 0.3) is 0 Å². The van der Waals surface area contributed by atoms with Crippen LogP contribution in [0.3, 0.4) is 0 Å². The van der Waals surface area contributed by atoms with E-state index in [-0.39, 0.29) is 5.56 Å². The molecule has 18 heavy (non-hydrogen) atoms. The molecule has 0 aromatic heterocycles. The van der Waals surface area contributed by atoms with Gasteiger partial charge in [-0.2, -0.15) is 13.2 Å². The van der Waals surface area contributed by atoms with Gasteiger partial charge in [-0.15, -0.1) is 10.2 Å². The van der Waals surface area contributed by atoms with E-state index in [2.05, 4.69) is 36.6 Å². The van der Waals surface area contributed by atoms with Crippen molar-refractivity contribution < 1.29 is 17.9 Å². The third-order valence-corrected chi connectivity index (χ3v) is 2.99. The summed E-state index contributed by atoms with van der Waals surface area (Å²) in [6.07, 6.45) is -4.72. The largest absolute Gasteiger partial charge is 0.496 e. The molecule has 1 aromatic carbocycles. The zero-order chi connectivity index (χ0) is 13.4. The predicted molar refractivity (Wildman–Crippen MR) is 58.1 cm³/mol. The molecule has 0 N–H and O–H groups in total. The lowest BCUT2D eigenvalue weighted by Gasteiger charge is -2.23. The van der Waals surface area contributed by atoms with Crippen LogP contribution in [-0.2, 0) is 5.66 Å². The maximum absolute atomic E-state index is 13.1. The number of nitrogens with zero attached hydrogens (tertiary/aromatic N) is 4. The number of ether oxygens (including phenoxy) is 1. The van der Waals surface area contributed by atoms with Crippen LogP contribution in [-0.4, -0.2) is 13.3 Å². The van der Waals surface area contributed by atoms with Crippen molar-refractivity contribution in [3.8, 4) is 5.75 Å². The Morgan fingerprint density at radius 3 is 2.28 bits per heavy atom. The van der Waals surface area contributed by atoms with Crippen molar-refractivity contribution in [2.75, 3.05) is 7.11 Å². The molecule has 2 rings (SSSR count). The Bertz CT molecular complexity index is 517. The van der Waals surface area contributed by atoms with E-state index in [9.17, 15) is 13.2 Å². The third kappa shape index (κ3) is 1.88. The summed E-state index contributed by atoms with van der Waals surface area (Å²) >= 11 is 3.11. The molecule has 0 fully saturated rings. The van der Waals surface area contributed by atoms with Crippen LogP contribution in [0.25, 0.3) is 0 Å². The monoisotopic (exact) mass is 322 g/mol. The van der Waals surface area contributed by atoms with Gasteiger partial charge >= 0.3 is 11.8 Å². The summed E-state index contributed by atoms with van der Waals surface area (Å²) in [6.45, 7) is 0. The normalized spacial score (nSPS) is 17.2. The number of hydrogen-bond donors (Lipinski definition) is 0. The molecule has 0 saturated carbocycles. The van der Waals surface area contributed by atoms with E-state index in [4.69, 9.17) is 4.74 Å². The highest BCUT2D eigenvalue weighted by Crippen LogP contribution is 2.47. The van der Waals surface area contributed by atoms with Crippen molar-refractivity contribution in [3.05, 3.63) is 28.2 Å². The quantitative estimate of drug-likeness (QED) is 0.811. The Labute approximate surface area is 108 Å². The van der Waals surface area contributed by atoms with Crippen molar-refractivity contribution >= 4 is 15.9 Å². The van der Waals surface area contributed by atoms with Crippen LogP contribution in [0.4, 0.5) is 13.2 Å². The maximum Gasteiger partial charge on any atom is 0.442 e. The minimum absolute atomic E-state index is 0.187. The molecule has 0 spiro atoms. The van der Waals surface area contributed by atoms with E-state index in [1.807, 2.05) is 0 Å². The van der Waals surface area contributed by atoms with Crippen molar-refractivity contribution in [2.24, 2.45) is 20.7 Å². The van der Waals surface area contributed by atoms with E-state index in [0.29, 0.717) is 10.2 Å². The first-order valence-corrected chi connectivity index (χ1v) is 5.45. The lowest BCUT2D eigenvalue weighted by molar-refractivity contribution is -0.187. The summed E-state index contributed by atoms with van der Waals surface area (Å²) in [7, 11) is 1.41. The average molecular weight is 323 g/mol. The molecule has 96 valence electrons. The number of alkyl halides is 3. The Kier molecular flexibility index (Phi) is 3.09. The fourth-order valence-electron chi connectivity index (χ4n) is 1.47. The SMILES string of the molecule is COc1ccc(C2(C(F)(F)F)N=NN=N2)cc1Br. The average Bonchev–Trinajstić information content (AvgIpc) is 2.78. The number of methoxy groups -OCH3 is 1. The van der Waals surface area contributed by atoms with E-state index >= 15 is 0 Å². The van der Waals surface area contributed by atoms with E-state index in [1.54, 1.807) is 0 Å². The molecule has 1 aliphatic rings. The third-order valence-electron chi connectivity index (χ3n) is 2.37. The summed E-state index contributed by atoms with van der Waals surface area (Å²) in [6, 6.07) is 3.84. The molecule has 0 amide bonds. The minimum atomic E-state index is -4.72. The Morgan fingerprint density at radius 2 is 1.83 bits per heavy atom. The molecule has 1 aliphatic heterocycles. The van der Waals surface area contributed by atoms with Gasteiger partial charge in [-0.25, -0.2) is 0 Å². The van der Waals surface area contributed by atoms with Crippen LogP contribution < -0.4 is 4.74 Å². The minimum Gasteiger partial charge on any atom is -0.496 e. The summed E-state index contributed by atoms with van der Waals surface area (Å²) in [5, 5.41) is 12.2. The molecule has 1 aromatic rings. The van der Waals surface area contributed by atoms with Gasteiger partial charge in [0.1, 0.15) is 5.75 Å². The molecule has 0 atom stereocenters. The fourth-order valence-corrected chi connectivity index (χ4v) is 2.01. The number of halogens is 4. The second-order valence-corrected chi connectivity index (χ2v) is 4.25. The molecular formula is C9H6BrF3N4O. The van der Waals surface area contributed by atoms with Gasteiger partial charge in [0.15, 0.2) is 0 Å². The van der Waals surface area contributed by atoms with Gasteiger partial charge in [0.05, 0.1) is 11.6 Å². The number of benzene rings is 1. The van der Waals surface area contributed by atoms with Gasteiger partial charge < -0.3 is 4.74 Å². The predicted octanol–water partition coefficient (Wildman–Crippen LogP) is 4.01. The summed E-state index contributed by atoms with van der Waals surface area (Å²) < 4.78 is 44.5. The van der Waals surface area contributed by atoms with Gasteiger partial charge in [0.2, 0.25) is 0 Å². The molecule has 0 bridgehead atoms. The van der Waals surface area contributed by atoms with Gasteiger partial charge in [0, 0.05) is 5.56 Å². The van der Waals surface area contributed by atoms with Crippen LogP contribution in [0.1, 0.15) is 5.56 Å². The second kappa shape index (κ2) is 4.30. The summed E-state index contributed by atoms with van der Waals surface area (Å²) in [5.74, 6) is 0.406. The van der Waals surface area contributed by atoms with Crippen molar-refractivity contribution in [2.45, 2.75) is 11.8 Å². The smallest absolute Gasteiger partial charge is 0.442 e. The molecule has 0 aliphatic carbocycles. The molecule has 9 heteroatoms. The van der Waals surface area contributed by atoms with Gasteiger partial charge in [-0.1, -0.05) is 6.07 Å². The molecule has 0 unspecified atom stereocenters. The topological polar surface area (TPSA) is 58.7 Å². The first-order chi connectivity index (χ1) is 8.40. The fraction of sp³-hybridized carbons (Fsp3) is 0.333. The first-order valence-electron chi connectivity index (χ1n) is 4.65. The number of hydrogen-bond acceptors (Lipinski definition) is 5. The van der Waals surface area contributed by atoms with E-state index < -0.39 is 11.8 Å². The highest BCUT2D eigenvalue weighted by atomic mass is 79.9. The van der Waals surface area contributed by atoms with Gasteiger partial charge in [-0.05, 0) is 38.5 Å². The lowest BCUT2D eigenvalue weighted by atomic mass is 10.0. The second-order valence-electron chi connectivity index (χ2n) is 3.40. The first kappa shape index (κ1) is 12.9. The van der Waals surface area contributed by atoms with Crippen molar-refractivity contribution in [3.63, 3.8) is 0 Å². The Hall–Kier alpha value is -1.51. The van der Waals surface area contributed by atoms with Crippen LogP contribution in [0, 0.1) is 0 Å². The molecule has 0 radical (unpaired) electrons. The zero-order valence-electron chi connectivity index (χ0n) is 8.94. The Balaban J connectivity index is 2.55. The lowest BCUT2D eigenvalue weighted by Crippen LogP contribution is -2.37. The van der Waals surface area contributed by atoms with Crippen molar-refractivity contribution in [1.82, 2.24) is 0 Å². The van der Waals surface area contributed by atoms with Crippen LogP contribution in [0.15, 0.2) is 43.3 Å². The summed E-state index contributed by atoms with van der Waals surface area (Å²) in [5.41, 5.74) is -2.95. The molecule has 1 heterocycles. The molecule has 5 nitrogen and oxygen atoms in total. The van der Waals surface area contributed by atoms with Crippen LogP contribution in [0.5, 0.6) is 5.75 Å². The van der Waals surface area contributed by atoms with E-state index in [1.165, 1.54) is 25.3 Å². The standard InChI is InChI=1S/C9H6BrF3N4O/c1-18-7-3-2-5(4-6(7)10)8(9(11,12)13)14-16-17-15-8/h2-4H,1H3. The Morgan fingerprint density at radius 1 is 1.22 bits per heavy atom. The molecular weight excluding hydrogens is 317 g/mol. The van der Waals surface area contributed by atoms with Crippen molar-refractivity contribution in [1.29, 1.82) is 0 Å². The zero-order valence-corrected chi connectivity index (χ0v) is 10.5. The maximum atomic E-state index is 13.1.